The second-order valence-electron chi connectivity index (χ2n) is 6.55. The van der Waals surface area contributed by atoms with E-state index in [1.54, 1.807) is 27.7 Å². The minimum absolute atomic E-state index is 0.292. The summed E-state index contributed by atoms with van der Waals surface area (Å²) in [6.45, 7) is 6.94. The van der Waals surface area contributed by atoms with Gasteiger partial charge in [-0.3, -0.25) is 0 Å². The maximum absolute atomic E-state index is 10.2. The van der Waals surface area contributed by atoms with Crippen LogP contribution in [0.1, 0.15) is 34.1 Å². The summed E-state index contributed by atoms with van der Waals surface area (Å²) in [5.41, 5.74) is 5.24. The Bertz CT molecular complexity index is 365. The SMILES string of the molecule is CC1OC(C)[C@H](O[C@@H]2CC(C)(N)[C@H](O)[C@H](C)O2)[C@@H](O)C1O. The van der Waals surface area contributed by atoms with Crippen molar-refractivity contribution in [1.29, 1.82) is 0 Å². The Labute approximate surface area is 125 Å². The van der Waals surface area contributed by atoms with Crippen LogP contribution in [0.3, 0.4) is 0 Å². The lowest BCUT2D eigenvalue weighted by molar-refractivity contribution is -0.301. The summed E-state index contributed by atoms with van der Waals surface area (Å²) < 4.78 is 16.9. The molecule has 2 aliphatic heterocycles. The molecule has 2 fully saturated rings. The van der Waals surface area contributed by atoms with Crippen molar-refractivity contribution in [2.45, 2.75) is 88.7 Å². The van der Waals surface area contributed by atoms with E-state index in [4.69, 9.17) is 19.9 Å². The Hall–Kier alpha value is -0.280. The summed E-state index contributed by atoms with van der Waals surface area (Å²) in [6.07, 6.45) is -5.24. The van der Waals surface area contributed by atoms with Crippen molar-refractivity contribution in [2.75, 3.05) is 0 Å². The molecule has 0 aromatic heterocycles. The molecule has 7 heteroatoms. The molecule has 0 aromatic carbocycles. The highest BCUT2D eigenvalue weighted by Gasteiger charge is 2.47. The molecule has 0 saturated carbocycles. The Balaban J connectivity index is 2.04. The van der Waals surface area contributed by atoms with Crippen molar-refractivity contribution in [1.82, 2.24) is 0 Å². The summed E-state index contributed by atoms with van der Waals surface area (Å²) in [7, 11) is 0. The maximum Gasteiger partial charge on any atom is 0.160 e. The molecule has 0 aliphatic carbocycles. The van der Waals surface area contributed by atoms with Crippen LogP contribution in [0.2, 0.25) is 0 Å². The quantitative estimate of drug-likeness (QED) is 0.523. The highest BCUT2D eigenvalue weighted by molar-refractivity contribution is 4.96. The van der Waals surface area contributed by atoms with Crippen LogP contribution in [0.15, 0.2) is 0 Å². The molecule has 7 nitrogen and oxygen atoms in total. The van der Waals surface area contributed by atoms with E-state index < -0.39 is 48.5 Å². The summed E-state index contributed by atoms with van der Waals surface area (Å²) in [6, 6.07) is 0. The van der Waals surface area contributed by atoms with Gasteiger partial charge in [0.05, 0.1) is 24.4 Å². The molecule has 0 aromatic rings. The molecular weight excluding hydrogens is 278 g/mol. The molecule has 0 radical (unpaired) electrons. The van der Waals surface area contributed by atoms with E-state index >= 15 is 0 Å². The normalized spacial score (nSPS) is 55.4. The van der Waals surface area contributed by atoms with Gasteiger partial charge < -0.3 is 35.3 Å². The van der Waals surface area contributed by atoms with Gasteiger partial charge in [-0.1, -0.05) is 0 Å². The van der Waals surface area contributed by atoms with E-state index in [2.05, 4.69) is 0 Å². The molecule has 5 N–H and O–H groups in total. The standard InChI is InChI=1S/C14H27NO6/c1-6-10(16)11(17)12(7(2)19-6)21-9-5-14(4,15)13(18)8(3)20-9/h6-13,16-18H,5,15H2,1-4H3/t6?,7?,8-,9+,10?,11-,12-,13+,14?/m0/s1. The molecule has 0 spiro atoms. The zero-order valence-electron chi connectivity index (χ0n) is 13.0. The predicted octanol–water partition coefficient (Wildman–Crippen LogP) is -0.886. The van der Waals surface area contributed by atoms with Gasteiger partial charge in [-0.2, -0.15) is 0 Å². The van der Waals surface area contributed by atoms with Crippen LogP contribution in [-0.2, 0) is 14.2 Å². The van der Waals surface area contributed by atoms with E-state index in [0.29, 0.717) is 6.42 Å². The van der Waals surface area contributed by atoms with Crippen molar-refractivity contribution < 1.29 is 29.5 Å². The molecule has 2 rings (SSSR count). The highest BCUT2D eigenvalue weighted by Crippen LogP contribution is 2.31. The molecule has 21 heavy (non-hydrogen) atoms. The first-order valence-electron chi connectivity index (χ1n) is 7.43. The molecule has 2 aliphatic rings. The van der Waals surface area contributed by atoms with Crippen LogP contribution < -0.4 is 5.73 Å². The first-order valence-corrected chi connectivity index (χ1v) is 7.43. The third-order valence-corrected chi connectivity index (χ3v) is 4.46. The zero-order valence-corrected chi connectivity index (χ0v) is 13.0. The summed E-state index contributed by atoms with van der Waals surface area (Å²) in [4.78, 5) is 0. The first kappa shape index (κ1) is 17.1. The van der Waals surface area contributed by atoms with Crippen molar-refractivity contribution >= 4 is 0 Å². The Morgan fingerprint density at radius 3 is 2.19 bits per heavy atom. The van der Waals surface area contributed by atoms with Gasteiger partial charge in [0.1, 0.15) is 18.3 Å². The van der Waals surface area contributed by atoms with E-state index in [9.17, 15) is 15.3 Å². The number of hydrogen-bond acceptors (Lipinski definition) is 7. The lowest BCUT2D eigenvalue weighted by Crippen LogP contribution is -2.63. The fourth-order valence-corrected chi connectivity index (χ4v) is 3.07. The van der Waals surface area contributed by atoms with Gasteiger partial charge >= 0.3 is 0 Å². The summed E-state index contributed by atoms with van der Waals surface area (Å²) in [5, 5.41) is 30.1. The number of ether oxygens (including phenoxy) is 3. The number of aliphatic hydroxyl groups excluding tert-OH is 3. The number of rotatable bonds is 2. The second kappa shape index (κ2) is 6.08. The lowest BCUT2D eigenvalue weighted by Gasteiger charge is -2.46. The third-order valence-electron chi connectivity index (χ3n) is 4.46. The smallest absolute Gasteiger partial charge is 0.160 e. The van der Waals surface area contributed by atoms with E-state index in [1.807, 2.05) is 0 Å². The number of aliphatic hydroxyl groups is 3. The van der Waals surface area contributed by atoms with Crippen molar-refractivity contribution in [3.8, 4) is 0 Å². The van der Waals surface area contributed by atoms with Crippen molar-refractivity contribution in [3.63, 3.8) is 0 Å². The molecular formula is C14H27NO6. The monoisotopic (exact) mass is 305 g/mol. The van der Waals surface area contributed by atoms with Crippen LogP contribution in [0.4, 0.5) is 0 Å². The molecule has 9 atom stereocenters. The van der Waals surface area contributed by atoms with E-state index in [0.717, 1.165) is 0 Å². The Kier molecular flexibility index (Phi) is 4.94. The molecule has 0 bridgehead atoms. The predicted molar refractivity (Wildman–Crippen MR) is 74.4 cm³/mol. The molecule has 2 heterocycles. The summed E-state index contributed by atoms with van der Waals surface area (Å²) in [5.74, 6) is 0. The van der Waals surface area contributed by atoms with Crippen LogP contribution in [0.5, 0.6) is 0 Å². The first-order chi connectivity index (χ1) is 9.63. The van der Waals surface area contributed by atoms with Gasteiger partial charge in [-0.05, 0) is 27.7 Å². The minimum atomic E-state index is -1.06. The lowest BCUT2D eigenvalue weighted by atomic mass is 9.86. The number of nitrogens with two attached hydrogens (primary N) is 1. The third kappa shape index (κ3) is 3.39. The molecule has 2 saturated heterocycles. The minimum Gasteiger partial charge on any atom is -0.389 e. The molecule has 4 unspecified atom stereocenters. The van der Waals surface area contributed by atoms with Crippen molar-refractivity contribution in [2.24, 2.45) is 5.73 Å². The summed E-state index contributed by atoms with van der Waals surface area (Å²) >= 11 is 0. The Morgan fingerprint density at radius 2 is 1.62 bits per heavy atom. The van der Waals surface area contributed by atoms with Gasteiger partial charge in [0.15, 0.2) is 6.29 Å². The number of hydrogen-bond donors (Lipinski definition) is 4. The van der Waals surface area contributed by atoms with Gasteiger partial charge in [0.2, 0.25) is 0 Å². The van der Waals surface area contributed by atoms with Crippen LogP contribution in [-0.4, -0.2) is 69.9 Å². The van der Waals surface area contributed by atoms with Crippen LogP contribution in [0.25, 0.3) is 0 Å². The van der Waals surface area contributed by atoms with Gasteiger partial charge in [0.25, 0.3) is 0 Å². The van der Waals surface area contributed by atoms with Crippen LogP contribution >= 0.6 is 0 Å². The second-order valence-corrected chi connectivity index (χ2v) is 6.55. The Morgan fingerprint density at radius 1 is 1.00 bits per heavy atom. The maximum atomic E-state index is 10.2. The highest BCUT2D eigenvalue weighted by atomic mass is 16.7. The zero-order chi connectivity index (χ0) is 15.9. The molecule has 124 valence electrons. The van der Waals surface area contributed by atoms with E-state index in [-0.39, 0.29) is 6.10 Å². The van der Waals surface area contributed by atoms with Crippen LogP contribution in [0, 0.1) is 0 Å². The van der Waals surface area contributed by atoms with Crippen molar-refractivity contribution in [3.05, 3.63) is 0 Å². The topological polar surface area (TPSA) is 114 Å². The van der Waals surface area contributed by atoms with Gasteiger partial charge in [0, 0.05) is 12.0 Å². The fraction of sp³-hybridized carbons (Fsp3) is 1.00. The molecule has 0 amide bonds. The van der Waals surface area contributed by atoms with Gasteiger partial charge in [-0.25, -0.2) is 0 Å². The van der Waals surface area contributed by atoms with Gasteiger partial charge in [-0.15, -0.1) is 0 Å². The average molecular weight is 305 g/mol. The average Bonchev–Trinajstić information content (AvgIpc) is 2.38. The fourth-order valence-electron chi connectivity index (χ4n) is 3.07. The largest absolute Gasteiger partial charge is 0.389 e. The van der Waals surface area contributed by atoms with E-state index in [1.165, 1.54) is 0 Å².